The van der Waals surface area contributed by atoms with Crippen molar-refractivity contribution in [2.24, 2.45) is 5.92 Å². The lowest BCUT2D eigenvalue weighted by Crippen LogP contribution is -2.45. The second kappa shape index (κ2) is 12.9. The number of hydrogen-bond acceptors (Lipinski definition) is 7. The molecule has 0 spiro atoms. The van der Waals surface area contributed by atoms with Crippen molar-refractivity contribution in [1.29, 1.82) is 0 Å². The minimum atomic E-state index is -0.426. The van der Waals surface area contributed by atoms with Crippen LogP contribution in [0.15, 0.2) is 79.4 Å². The SMILES string of the molecule is [B]N1CCC[C@@H]1c1ncc(-c2ccc(-c3ccc(-c4cnc([C@@H]5CCCN5C(=O)[C@@H](Nc5ncccn5)C(C)C)[nH]4)cc3)cc2)[nH]1. The number of carbonyl (C=O) groups is 1. The second-order valence-corrected chi connectivity index (χ2v) is 12.5. The minimum Gasteiger partial charge on any atom is -0.345 e. The van der Waals surface area contributed by atoms with Gasteiger partial charge in [-0.25, -0.2) is 19.9 Å². The maximum atomic E-state index is 13.7. The maximum Gasteiger partial charge on any atom is 0.246 e. The van der Waals surface area contributed by atoms with E-state index in [9.17, 15) is 4.79 Å². The number of aromatic nitrogens is 6. The fourth-order valence-electron chi connectivity index (χ4n) is 6.59. The Morgan fingerprint density at radius 2 is 1.30 bits per heavy atom. The summed E-state index contributed by atoms with van der Waals surface area (Å²) in [4.78, 5) is 42.4. The van der Waals surface area contributed by atoms with Crippen molar-refractivity contribution in [3.8, 4) is 33.6 Å². The van der Waals surface area contributed by atoms with Gasteiger partial charge in [-0.05, 0) is 66.5 Å². The third-order valence-corrected chi connectivity index (χ3v) is 9.16. The molecule has 5 heterocycles. The predicted octanol–water partition coefficient (Wildman–Crippen LogP) is 5.94. The van der Waals surface area contributed by atoms with Gasteiger partial charge >= 0.3 is 0 Å². The summed E-state index contributed by atoms with van der Waals surface area (Å²) in [6.45, 7) is 5.67. The highest BCUT2D eigenvalue weighted by molar-refractivity contribution is 6.04. The van der Waals surface area contributed by atoms with Crippen molar-refractivity contribution in [3.63, 3.8) is 0 Å². The van der Waals surface area contributed by atoms with Crippen molar-refractivity contribution < 1.29 is 4.79 Å². The van der Waals surface area contributed by atoms with Crippen molar-refractivity contribution in [2.45, 2.75) is 57.7 Å². The van der Waals surface area contributed by atoms with Gasteiger partial charge in [0.15, 0.2) is 7.98 Å². The number of H-pyrrole nitrogens is 2. The van der Waals surface area contributed by atoms with Crippen molar-refractivity contribution in [2.75, 3.05) is 18.4 Å². The first-order valence-corrected chi connectivity index (χ1v) is 16.1. The molecule has 2 saturated heterocycles. The molecule has 2 aliphatic rings. The van der Waals surface area contributed by atoms with E-state index in [1.54, 1.807) is 18.5 Å². The van der Waals surface area contributed by atoms with E-state index < -0.39 is 6.04 Å². The van der Waals surface area contributed by atoms with Crippen LogP contribution in [0, 0.1) is 5.92 Å². The van der Waals surface area contributed by atoms with Gasteiger partial charge < -0.3 is 25.0 Å². The molecule has 0 aliphatic carbocycles. The molecule has 2 aromatic carbocycles. The number of aromatic amines is 2. The Morgan fingerprint density at radius 1 is 0.783 bits per heavy atom. The number of nitrogens with zero attached hydrogens (tertiary/aromatic N) is 6. The number of likely N-dealkylation sites (tertiary alicyclic amines) is 1. The highest BCUT2D eigenvalue weighted by Crippen LogP contribution is 2.34. The van der Waals surface area contributed by atoms with Crippen LogP contribution < -0.4 is 5.32 Å². The molecule has 3 aromatic heterocycles. The number of rotatable bonds is 9. The van der Waals surface area contributed by atoms with Crippen LogP contribution in [0.25, 0.3) is 33.6 Å². The maximum absolute atomic E-state index is 13.7. The number of hydrogen-bond donors (Lipinski definition) is 3. The molecule has 2 fully saturated rings. The molecular formula is C35H38BN9O. The molecule has 10 nitrogen and oxygen atoms in total. The third kappa shape index (κ3) is 6.07. The third-order valence-electron chi connectivity index (χ3n) is 9.16. The molecule has 2 aliphatic heterocycles. The van der Waals surface area contributed by atoms with Crippen LogP contribution in [0.2, 0.25) is 0 Å². The van der Waals surface area contributed by atoms with E-state index in [1.807, 2.05) is 36.0 Å². The molecule has 3 atom stereocenters. The van der Waals surface area contributed by atoms with Gasteiger partial charge in [-0.2, -0.15) is 0 Å². The summed E-state index contributed by atoms with van der Waals surface area (Å²) in [5.41, 5.74) is 6.33. The average Bonchev–Trinajstić information content (AvgIpc) is 3.91. The van der Waals surface area contributed by atoms with Gasteiger partial charge in [0.2, 0.25) is 11.9 Å². The second-order valence-electron chi connectivity index (χ2n) is 12.5. The summed E-state index contributed by atoms with van der Waals surface area (Å²) >= 11 is 0. The minimum absolute atomic E-state index is 0.0438. The van der Waals surface area contributed by atoms with Gasteiger partial charge in [0.25, 0.3) is 0 Å². The molecule has 5 aromatic rings. The van der Waals surface area contributed by atoms with Gasteiger partial charge in [-0.1, -0.05) is 62.4 Å². The Kier molecular flexibility index (Phi) is 8.40. The summed E-state index contributed by atoms with van der Waals surface area (Å²) in [5.74, 6) is 2.31. The number of nitrogens with one attached hydrogen (secondary N) is 3. The van der Waals surface area contributed by atoms with Crippen molar-refractivity contribution in [1.82, 2.24) is 39.6 Å². The Labute approximate surface area is 270 Å². The number of anilines is 1. The Morgan fingerprint density at radius 3 is 1.85 bits per heavy atom. The van der Waals surface area contributed by atoms with Crippen LogP contribution in [0.4, 0.5) is 5.95 Å². The zero-order valence-corrected chi connectivity index (χ0v) is 26.2. The fraction of sp³-hybridized carbons (Fsp3) is 0.343. The molecule has 46 heavy (non-hydrogen) atoms. The highest BCUT2D eigenvalue weighted by Gasteiger charge is 2.37. The summed E-state index contributed by atoms with van der Waals surface area (Å²) in [7, 11) is 6.13. The van der Waals surface area contributed by atoms with Crippen LogP contribution in [0.1, 0.15) is 63.3 Å². The molecule has 7 rings (SSSR count). The summed E-state index contributed by atoms with van der Waals surface area (Å²) < 4.78 is 0. The van der Waals surface area contributed by atoms with E-state index >= 15 is 0 Å². The van der Waals surface area contributed by atoms with Crippen molar-refractivity contribution in [3.05, 3.63) is 91.0 Å². The fourth-order valence-corrected chi connectivity index (χ4v) is 6.59. The number of carbonyl (C=O) groups excluding carboxylic acids is 1. The summed E-state index contributed by atoms with van der Waals surface area (Å²) in [5, 5.41) is 3.25. The van der Waals surface area contributed by atoms with Gasteiger partial charge in [0, 0.05) is 18.9 Å². The topological polar surface area (TPSA) is 119 Å². The monoisotopic (exact) mass is 611 g/mol. The van der Waals surface area contributed by atoms with E-state index in [0.29, 0.717) is 12.5 Å². The molecule has 0 saturated carbocycles. The highest BCUT2D eigenvalue weighted by atomic mass is 16.2. The first-order chi connectivity index (χ1) is 22.4. The smallest absolute Gasteiger partial charge is 0.246 e. The Balaban J connectivity index is 1.02. The van der Waals surface area contributed by atoms with Gasteiger partial charge in [-0.3, -0.25) is 4.79 Å². The average molecular weight is 612 g/mol. The van der Waals surface area contributed by atoms with Crippen LogP contribution in [-0.4, -0.2) is 72.6 Å². The van der Waals surface area contributed by atoms with E-state index in [1.165, 1.54) is 0 Å². The van der Waals surface area contributed by atoms with Crippen molar-refractivity contribution >= 4 is 19.8 Å². The predicted molar refractivity (Wildman–Crippen MR) is 179 cm³/mol. The number of benzene rings is 2. The van der Waals surface area contributed by atoms with Gasteiger partial charge in [-0.15, -0.1) is 0 Å². The number of amides is 1. The van der Waals surface area contributed by atoms with Gasteiger partial charge in [0.1, 0.15) is 17.7 Å². The zero-order valence-electron chi connectivity index (χ0n) is 26.2. The first-order valence-electron chi connectivity index (χ1n) is 16.1. The Hall–Kier alpha value is -4.77. The summed E-state index contributed by atoms with van der Waals surface area (Å²) in [6.07, 6.45) is 11.0. The molecule has 1 amide bonds. The quantitative estimate of drug-likeness (QED) is 0.177. The van der Waals surface area contributed by atoms with E-state index in [-0.39, 0.29) is 23.9 Å². The van der Waals surface area contributed by atoms with Crippen LogP contribution in [0.3, 0.4) is 0 Å². The molecule has 0 bridgehead atoms. The first kappa shape index (κ1) is 29.9. The largest absolute Gasteiger partial charge is 0.345 e. The molecular weight excluding hydrogens is 573 g/mol. The standard InChI is InChI=1S/C35H38BN9O/c1-22(2)31(43-35-37-16-5-17-38-35)34(46)44-18-3-6-29(44)32-39-20-27(41-32)25-12-8-23(9-13-25)24-10-14-26(15-11-24)28-21-40-33(42-28)30-7-4-19-45(30)36/h5,8-17,20-22,29-31H,3-4,6-7,18-19H2,1-2H3,(H,39,41)(H,40,42)(H,37,38,43)/t29-,30+,31-/m0/s1. The molecule has 232 valence electrons. The summed E-state index contributed by atoms with van der Waals surface area (Å²) in [6, 6.07) is 18.4. The van der Waals surface area contributed by atoms with Gasteiger partial charge in [0.05, 0.1) is 35.9 Å². The van der Waals surface area contributed by atoms with E-state index in [0.717, 1.165) is 77.5 Å². The number of imidazole rings is 2. The molecule has 0 unspecified atom stereocenters. The molecule has 11 heteroatoms. The van der Waals surface area contributed by atoms with E-state index in [4.69, 9.17) is 13.0 Å². The van der Waals surface area contributed by atoms with Crippen LogP contribution in [-0.2, 0) is 4.79 Å². The van der Waals surface area contributed by atoms with E-state index in [2.05, 4.69) is 78.8 Å². The lowest BCUT2D eigenvalue weighted by atomic mass is 10.0. The zero-order chi connectivity index (χ0) is 31.6. The lowest BCUT2D eigenvalue weighted by molar-refractivity contribution is -0.134. The Bertz CT molecular complexity index is 1770. The van der Waals surface area contributed by atoms with Crippen LogP contribution in [0.5, 0.6) is 0 Å². The molecule has 2 radical (unpaired) electrons. The normalized spacial score (nSPS) is 19.2. The molecule has 3 N–H and O–H groups in total. The lowest BCUT2D eigenvalue weighted by Gasteiger charge is -2.30. The van der Waals surface area contributed by atoms with Crippen LogP contribution >= 0.6 is 0 Å².